The van der Waals surface area contributed by atoms with E-state index in [1.54, 1.807) is 54.6 Å². The minimum atomic E-state index is -1.42. The van der Waals surface area contributed by atoms with E-state index in [4.69, 9.17) is 0 Å². The van der Waals surface area contributed by atoms with Crippen LogP contribution in [0.2, 0.25) is 0 Å². The van der Waals surface area contributed by atoms with Crippen molar-refractivity contribution in [2.24, 2.45) is 0 Å². The molecule has 3 N–H and O–H groups in total. The van der Waals surface area contributed by atoms with Gasteiger partial charge in [0.05, 0.1) is 0 Å². The summed E-state index contributed by atoms with van der Waals surface area (Å²) in [6.07, 6.45) is -1.33. The second-order valence-corrected chi connectivity index (χ2v) is 5.01. The molecule has 2 atom stereocenters. The smallest absolute Gasteiger partial charge is 0.329 e. The van der Waals surface area contributed by atoms with Gasteiger partial charge in [0.15, 0.2) is 6.04 Å². The third-order valence-electron chi connectivity index (χ3n) is 3.32. The van der Waals surface area contributed by atoms with E-state index in [-0.39, 0.29) is 0 Å². The Labute approximate surface area is 128 Å². The van der Waals surface area contributed by atoms with Gasteiger partial charge in [-0.2, -0.15) is 0 Å². The van der Waals surface area contributed by atoms with E-state index in [0.717, 1.165) is 5.56 Å². The standard InChI is InChI=1S/C17H17NO4/c1-11-7-9-12(10-8-11)15(19)14(17(21)22)18-16(20)13-5-3-2-4-6-13/h2-10,14-15,19H,1H3,(H,18,20)(H,21,22)/t14-,15?/m0/s1. The first-order valence-electron chi connectivity index (χ1n) is 6.82. The molecule has 0 aliphatic rings. The van der Waals surface area contributed by atoms with Crippen molar-refractivity contribution in [1.82, 2.24) is 5.32 Å². The molecule has 2 rings (SSSR count). The molecule has 0 bridgehead atoms. The van der Waals surface area contributed by atoms with E-state index in [9.17, 15) is 19.8 Å². The molecule has 0 fully saturated rings. The summed E-state index contributed by atoms with van der Waals surface area (Å²) in [5.74, 6) is -1.84. The molecule has 5 heteroatoms. The van der Waals surface area contributed by atoms with E-state index in [2.05, 4.69) is 5.32 Å². The monoisotopic (exact) mass is 299 g/mol. The van der Waals surface area contributed by atoms with Gasteiger partial charge < -0.3 is 15.5 Å². The van der Waals surface area contributed by atoms with Crippen molar-refractivity contribution >= 4 is 11.9 Å². The molecule has 22 heavy (non-hydrogen) atoms. The zero-order valence-corrected chi connectivity index (χ0v) is 12.1. The molecule has 5 nitrogen and oxygen atoms in total. The van der Waals surface area contributed by atoms with E-state index in [1.807, 2.05) is 6.92 Å². The lowest BCUT2D eigenvalue weighted by molar-refractivity contribution is -0.142. The SMILES string of the molecule is Cc1ccc(C(O)[C@H](NC(=O)c2ccccc2)C(=O)O)cc1. The van der Waals surface area contributed by atoms with Crippen LogP contribution in [0.1, 0.15) is 27.6 Å². The quantitative estimate of drug-likeness (QED) is 0.787. The summed E-state index contributed by atoms with van der Waals surface area (Å²) in [6.45, 7) is 1.89. The third kappa shape index (κ3) is 3.71. The van der Waals surface area contributed by atoms with Crippen LogP contribution >= 0.6 is 0 Å². The first kappa shape index (κ1) is 15.7. The maximum Gasteiger partial charge on any atom is 0.329 e. The highest BCUT2D eigenvalue weighted by Crippen LogP contribution is 2.18. The minimum absolute atomic E-state index is 0.338. The average molecular weight is 299 g/mol. The molecule has 2 aromatic carbocycles. The van der Waals surface area contributed by atoms with Gasteiger partial charge in [-0.3, -0.25) is 4.79 Å². The highest BCUT2D eigenvalue weighted by atomic mass is 16.4. The highest BCUT2D eigenvalue weighted by molar-refractivity contribution is 5.96. The predicted octanol–water partition coefficient (Wildman–Crippen LogP) is 1.91. The Morgan fingerprint density at radius 3 is 2.14 bits per heavy atom. The van der Waals surface area contributed by atoms with Crippen LogP contribution in [0.5, 0.6) is 0 Å². The number of aliphatic hydroxyl groups is 1. The number of nitrogens with one attached hydrogen (secondary N) is 1. The Bertz CT molecular complexity index is 652. The van der Waals surface area contributed by atoms with E-state index >= 15 is 0 Å². The van der Waals surface area contributed by atoms with Crippen LogP contribution in [0, 0.1) is 6.92 Å². The zero-order valence-electron chi connectivity index (χ0n) is 12.1. The molecule has 1 amide bonds. The number of benzene rings is 2. The highest BCUT2D eigenvalue weighted by Gasteiger charge is 2.29. The summed E-state index contributed by atoms with van der Waals surface area (Å²) < 4.78 is 0. The normalized spacial score (nSPS) is 13.2. The first-order valence-corrected chi connectivity index (χ1v) is 6.82. The molecule has 0 radical (unpaired) electrons. The van der Waals surface area contributed by atoms with Crippen molar-refractivity contribution in [3.63, 3.8) is 0 Å². The fraction of sp³-hybridized carbons (Fsp3) is 0.176. The Hall–Kier alpha value is -2.66. The molecule has 1 unspecified atom stereocenters. The third-order valence-corrected chi connectivity index (χ3v) is 3.32. The molecule has 0 heterocycles. The largest absolute Gasteiger partial charge is 0.480 e. The van der Waals surface area contributed by atoms with Crippen LogP contribution in [0.3, 0.4) is 0 Å². The summed E-state index contributed by atoms with van der Waals surface area (Å²) >= 11 is 0. The van der Waals surface area contributed by atoms with Gasteiger partial charge in [0.25, 0.3) is 5.91 Å². The second-order valence-electron chi connectivity index (χ2n) is 5.01. The van der Waals surface area contributed by atoms with Gasteiger partial charge in [0.1, 0.15) is 6.10 Å². The summed E-state index contributed by atoms with van der Waals surface area (Å²) in [6, 6.07) is 13.7. The lowest BCUT2D eigenvalue weighted by atomic mass is 10.0. The molecule has 114 valence electrons. The summed E-state index contributed by atoms with van der Waals surface area (Å²) in [5, 5.41) is 21.9. The van der Waals surface area contributed by atoms with Gasteiger partial charge in [-0.25, -0.2) is 4.79 Å². The molecular weight excluding hydrogens is 282 g/mol. The Balaban J connectivity index is 2.18. The number of carboxylic acid groups (broad SMARTS) is 1. The van der Waals surface area contributed by atoms with Gasteiger partial charge in [-0.1, -0.05) is 48.0 Å². The summed E-state index contributed by atoms with van der Waals surface area (Å²) in [4.78, 5) is 23.4. The minimum Gasteiger partial charge on any atom is -0.480 e. The van der Waals surface area contributed by atoms with E-state index in [1.165, 1.54) is 0 Å². The van der Waals surface area contributed by atoms with Crippen LogP contribution in [0.25, 0.3) is 0 Å². The predicted molar refractivity (Wildman–Crippen MR) is 81.5 cm³/mol. The lowest BCUT2D eigenvalue weighted by Gasteiger charge is -2.21. The van der Waals surface area contributed by atoms with E-state index in [0.29, 0.717) is 11.1 Å². The Morgan fingerprint density at radius 1 is 1.00 bits per heavy atom. The van der Waals surface area contributed by atoms with Crippen LogP contribution in [0.15, 0.2) is 54.6 Å². The van der Waals surface area contributed by atoms with Crippen molar-refractivity contribution in [3.8, 4) is 0 Å². The van der Waals surface area contributed by atoms with Gasteiger partial charge >= 0.3 is 5.97 Å². The number of aliphatic carboxylic acids is 1. The number of carbonyl (C=O) groups excluding carboxylic acids is 1. The molecule has 0 aliphatic carbocycles. The van der Waals surface area contributed by atoms with Crippen molar-refractivity contribution in [2.75, 3.05) is 0 Å². The maximum atomic E-state index is 12.1. The Kier molecular flexibility index (Phi) is 4.91. The van der Waals surface area contributed by atoms with Crippen molar-refractivity contribution < 1.29 is 19.8 Å². The molecule has 0 spiro atoms. The van der Waals surface area contributed by atoms with Crippen molar-refractivity contribution in [3.05, 3.63) is 71.3 Å². The van der Waals surface area contributed by atoms with Gasteiger partial charge in [0.2, 0.25) is 0 Å². The van der Waals surface area contributed by atoms with Crippen molar-refractivity contribution in [2.45, 2.75) is 19.1 Å². The van der Waals surface area contributed by atoms with Crippen LogP contribution in [-0.4, -0.2) is 28.1 Å². The molecular formula is C17H17NO4. The lowest BCUT2D eigenvalue weighted by Crippen LogP contribution is -2.45. The number of carboxylic acids is 1. The molecule has 0 aliphatic heterocycles. The molecule has 0 saturated carbocycles. The second kappa shape index (κ2) is 6.87. The maximum absolute atomic E-state index is 12.1. The zero-order chi connectivity index (χ0) is 16.1. The number of hydrogen-bond acceptors (Lipinski definition) is 3. The topological polar surface area (TPSA) is 86.6 Å². The average Bonchev–Trinajstić information content (AvgIpc) is 2.53. The van der Waals surface area contributed by atoms with Crippen molar-refractivity contribution in [1.29, 1.82) is 0 Å². The molecule has 2 aromatic rings. The summed E-state index contributed by atoms with van der Waals surface area (Å²) in [5.41, 5.74) is 1.77. The van der Waals surface area contributed by atoms with Gasteiger partial charge in [-0.15, -0.1) is 0 Å². The van der Waals surface area contributed by atoms with Gasteiger partial charge in [0, 0.05) is 5.56 Å². The molecule has 0 aromatic heterocycles. The number of rotatable bonds is 5. The number of amides is 1. The number of aryl methyl sites for hydroxylation is 1. The molecule has 0 saturated heterocycles. The van der Waals surface area contributed by atoms with Crippen LogP contribution < -0.4 is 5.32 Å². The fourth-order valence-electron chi connectivity index (χ4n) is 2.05. The van der Waals surface area contributed by atoms with Crippen LogP contribution in [0.4, 0.5) is 0 Å². The number of carbonyl (C=O) groups is 2. The van der Waals surface area contributed by atoms with Gasteiger partial charge in [-0.05, 0) is 24.6 Å². The van der Waals surface area contributed by atoms with Crippen LogP contribution in [-0.2, 0) is 4.79 Å². The summed E-state index contributed by atoms with van der Waals surface area (Å²) in [7, 11) is 0. The first-order chi connectivity index (χ1) is 10.5. The number of aliphatic hydroxyl groups excluding tert-OH is 1. The fourth-order valence-corrected chi connectivity index (χ4v) is 2.05. The Morgan fingerprint density at radius 2 is 1.59 bits per heavy atom. The number of hydrogen-bond donors (Lipinski definition) is 3. The van der Waals surface area contributed by atoms with E-state index < -0.39 is 24.0 Å².